The third kappa shape index (κ3) is 1.87. The lowest BCUT2D eigenvalue weighted by molar-refractivity contribution is -0.117. The van der Waals surface area contributed by atoms with Gasteiger partial charge in [0.2, 0.25) is 0 Å². The summed E-state index contributed by atoms with van der Waals surface area (Å²) in [5.41, 5.74) is 14.8. The summed E-state index contributed by atoms with van der Waals surface area (Å²) in [6.45, 7) is 3.96. The number of carbonyl (C=O) groups excluding carboxylic acids is 2. The topological polar surface area (TPSA) is 103 Å². The molecule has 5 N–H and O–H groups in total. The molecule has 0 spiro atoms. The zero-order valence-corrected chi connectivity index (χ0v) is 13.5. The Morgan fingerprint density at radius 1 is 1.35 bits per heavy atom. The number of aromatic nitrogens is 1. The van der Waals surface area contributed by atoms with Crippen LogP contribution in [0.4, 0.5) is 0 Å². The summed E-state index contributed by atoms with van der Waals surface area (Å²) in [6, 6.07) is 0.541. The number of carbonyl (C=O) groups is 2. The molecule has 2 fully saturated rings. The molecule has 1 aromatic rings. The van der Waals surface area contributed by atoms with Crippen LogP contribution in [0, 0.1) is 19.8 Å². The lowest BCUT2D eigenvalue weighted by atomic mass is 10.0. The Balaban J connectivity index is 1.62. The van der Waals surface area contributed by atoms with Crippen molar-refractivity contribution in [3.63, 3.8) is 0 Å². The first-order valence-corrected chi connectivity index (χ1v) is 8.14. The Bertz CT molecular complexity index is 770. The van der Waals surface area contributed by atoms with E-state index in [2.05, 4.69) is 9.88 Å². The Morgan fingerprint density at radius 2 is 2.04 bits per heavy atom. The van der Waals surface area contributed by atoms with Gasteiger partial charge < -0.3 is 21.4 Å². The number of ketones is 1. The van der Waals surface area contributed by atoms with E-state index in [1.165, 1.54) is 12.6 Å². The minimum Gasteiger partial charge on any atom is -0.403 e. The minimum absolute atomic E-state index is 0.426. The molecule has 0 aromatic carbocycles. The van der Waals surface area contributed by atoms with Crippen molar-refractivity contribution < 1.29 is 9.59 Å². The van der Waals surface area contributed by atoms with Gasteiger partial charge in [0, 0.05) is 29.3 Å². The molecule has 122 valence electrons. The highest BCUT2D eigenvalue weighted by atomic mass is 16.2. The molecule has 2 saturated carbocycles. The van der Waals surface area contributed by atoms with E-state index >= 15 is 0 Å². The van der Waals surface area contributed by atoms with Crippen LogP contribution in [0.25, 0.3) is 0 Å². The smallest absolute Gasteiger partial charge is 0.293 e. The molecule has 3 aliphatic rings. The van der Waals surface area contributed by atoms with Gasteiger partial charge in [0.15, 0.2) is 0 Å². The van der Waals surface area contributed by atoms with Gasteiger partial charge in [-0.3, -0.25) is 9.59 Å². The molecule has 6 heteroatoms. The van der Waals surface area contributed by atoms with Crippen molar-refractivity contribution in [1.82, 2.24) is 9.88 Å². The highest BCUT2D eigenvalue weighted by molar-refractivity contribution is 6.43. The summed E-state index contributed by atoms with van der Waals surface area (Å²) in [5.74, 6) is -0.370. The number of fused-ring (bicyclic) bond motifs is 3. The Morgan fingerprint density at radius 3 is 2.65 bits per heavy atom. The quantitative estimate of drug-likeness (QED) is 0.565. The van der Waals surface area contributed by atoms with E-state index in [-0.39, 0.29) is 0 Å². The SMILES string of the molecule is Cc1c(C(=O)C(=O)NC2(/C(N)=C/N)CC2)c2n(c1C)C1CC1C2. The Labute approximate surface area is 134 Å². The van der Waals surface area contributed by atoms with Crippen molar-refractivity contribution in [3.8, 4) is 0 Å². The van der Waals surface area contributed by atoms with E-state index in [0.29, 0.717) is 23.2 Å². The summed E-state index contributed by atoms with van der Waals surface area (Å²) in [4.78, 5) is 25.2. The van der Waals surface area contributed by atoms with Crippen molar-refractivity contribution in [3.05, 3.63) is 34.4 Å². The van der Waals surface area contributed by atoms with Crippen molar-refractivity contribution in [1.29, 1.82) is 0 Å². The summed E-state index contributed by atoms with van der Waals surface area (Å²) in [5, 5.41) is 2.80. The number of amides is 1. The first kappa shape index (κ1) is 14.4. The molecule has 0 bridgehead atoms. The fourth-order valence-electron chi connectivity index (χ4n) is 4.03. The van der Waals surface area contributed by atoms with Crippen molar-refractivity contribution in [2.45, 2.75) is 51.1 Å². The molecule has 0 saturated heterocycles. The molecule has 6 nitrogen and oxygen atoms in total. The fourth-order valence-corrected chi connectivity index (χ4v) is 4.03. The van der Waals surface area contributed by atoms with Gasteiger partial charge in [0.25, 0.3) is 11.7 Å². The highest BCUT2D eigenvalue weighted by Gasteiger charge is 2.50. The van der Waals surface area contributed by atoms with Gasteiger partial charge in [-0.05, 0) is 51.0 Å². The second-order valence-corrected chi connectivity index (χ2v) is 7.16. The first-order chi connectivity index (χ1) is 10.9. The van der Waals surface area contributed by atoms with E-state index in [1.54, 1.807) is 0 Å². The predicted octanol–water partition coefficient (Wildman–Crippen LogP) is 0.812. The van der Waals surface area contributed by atoms with Gasteiger partial charge in [-0.1, -0.05) is 0 Å². The number of nitrogens with zero attached hydrogens (tertiary/aromatic N) is 1. The van der Waals surface area contributed by atoms with Gasteiger partial charge in [-0.15, -0.1) is 0 Å². The average molecular weight is 314 g/mol. The van der Waals surface area contributed by atoms with Crippen LogP contribution >= 0.6 is 0 Å². The number of nitrogens with two attached hydrogens (primary N) is 2. The normalized spacial score (nSPS) is 26.4. The van der Waals surface area contributed by atoms with E-state index in [4.69, 9.17) is 11.5 Å². The highest BCUT2D eigenvalue weighted by Crippen LogP contribution is 2.54. The monoisotopic (exact) mass is 314 g/mol. The molecule has 23 heavy (non-hydrogen) atoms. The molecular weight excluding hydrogens is 292 g/mol. The molecule has 4 rings (SSSR count). The Kier molecular flexibility index (Phi) is 2.75. The van der Waals surface area contributed by atoms with Crippen molar-refractivity contribution >= 4 is 11.7 Å². The van der Waals surface area contributed by atoms with Crippen LogP contribution in [0.2, 0.25) is 0 Å². The van der Waals surface area contributed by atoms with E-state index in [9.17, 15) is 9.59 Å². The maximum atomic E-state index is 12.8. The fraction of sp³-hybridized carbons (Fsp3) is 0.529. The Hall–Kier alpha value is -2.24. The number of hydrogen-bond acceptors (Lipinski definition) is 4. The van der Waals surface area contributed by atoms with E-state index < -0.39 is 17.2 Å². The van der Waals surface area contributed by atoms with Gasteiger partial charge >= 0.3 is 0 Å². The molecule has 1 aromatic heterocycles. The summed E-state index contributed by atoms with van der Waals surface area (Å²) in [7, 11) is 0. The van der Waals surface area contributed by atoms with E-state index in [1.807, 2.05) is 13.8 Å². The maximum absolute atomic E-state index is 12.8. The second-order valence-electron chi connectivity index (χ2n) is 7.16. The molecule has 2 heterocycles. The molecule has 2 unspecified atom stereocenters. The molecular formula is C17H22N4O2. The van der Waals surface area contributed by atoms with Gasteiger partial charge in [0.1, 0.15) is 0 Å². The second kappa shape index (κ2) is 4.40. The predicted molar refractivity (Wildman–Crippen MR) is 85.7 cm³/mol. The standard InChI is InChI=1S/C17H22N4O2/c1-8-9(2)21-11-5-10(11)6-12(21)14(8)15(22)16(23)20-17(3-4-17)13(19)7-18/h7,10-11H,3-6,18-19H2,1-2H3,(H,20,23)/b13-7-. The van der Waals surface area contributed by atoms with Crippen LogP contribution in [0.15, 0.2) is 11.9 Å². The van der Waals surface area contributed by atoms with Crippen molar-refractivity contribution in [2.24, 2.45) is 17.4 Å². The van der Waals surface area contributed by atoms with Crippen LogP contribution in [0.3, 0.4) is 0 Å². The molecule has 2 aliphatic carbocycles. The number of nitrogens with one attached hydrogen (secondary N) is 1. The molecule has 0 radical (unpaired) electrons. The van der Waals surface area contributed by atoms with Crippen LogP contribution in [-0.2, 0) is 11.2 Å². The summed E-state index contributed by atoms with van der Waals surface area (Å²) in [6.07, 6.45) is 4.85. The van der Waals surface area contributed by atoms with Gasteiger partial charge in [-0.25, -0.2) is 0 Å². The van der Waals surface area contributed by atoms with Crippen LogP contribution in [-0.4, -0.2) is 21.8 Å². The zero-order valence-electron chi connectivity index (χ0n) is 13.5. The minimum atomic E-state index is -0.616. The van der Waals surface area contributed by atoms with Crippen LogP contribution in [0.1, 0.15) is 52.6 Å². The number of Topliss-reactive ketones (excluding diaryl/α,β-unsaturated/α-hetero) is 1. The summed E-state index contributed by atoms with van der Waals surface area (Å²) < 4.78 is 2.27. The summed E-state index contributed by atoms with van der Waals surface area (Å²) >= 11 is 0. The average Bonchev–Trinajstić information content (AvgIpc) is 3.43. The van der Waals surface area contributed by atoms with Crippen LogP contribution < -0.4 is 16.8 Å². The van der Waals surface area contributed by atoms with Gasteiger partial charge in [0.05, 0.1) is 11.1 Å². The first-order valence-electron chi connectivity index (χ1n) is 8.14. The van der Waals surface area contributed by atoms with E-state index in [0.717, 1.165) is 36.2 Å². The van der Waals surface area contributed by atoms with Crippen LogP contribution in [0.5, 0.6) is 0 Å². The lowest BCUT2D eigenvalue weighted by Gasteiger charge is -2.17. The molecule has 2 atom stereocenters. The number of hydrogen-bond donors (Lipinski definition) is 3. The maximum Gasteiger partial charge on any atom is 0.293 e. The van der Waals surface area contributed by atoms with Crippen molar-refractivity contribution in [2.75, 3.05) is 0 Å². The zero-order chi connectivity index (χ0) is 16.5. The largest absolute Gasteiger partial charge is 0.403 e. The third-order valence-corrected chi connectivity index (χ3v) is 5.80. The third-order valence-electron chi connectivity index (χ3n) is 5.80. The molecule has 1 aliphatic heterocycles. The lowest BCUT2D eigenvalue weighted by Crippen LogP contribution is -2.44. The molecule has 1 amide bonds. The number of rotatable bonds is 4. The van der Waals surface area contributed by atoms with Gasteiger partial charge in [-0.2, -0.15) is 0 Å².